The van der Waals surface area contributed by atoms with Crippen LogP contribution in [0.5, 0.6) is 11.5 Å². The van der Waals surface area contributed by atoms with Crippen LogP contribution in [0.1, 0.15) is 17.2 Å². The summed E-state index contributed by atoms with van der Waals surface area (Å²) in [5.41, 5.74) is 8.23. The van der Waals surface area contributed by atoms with E-state index in [1.54, 1.807) is 97.1 Å². The lowest BCUT2D eigenvalue weighted by Crippen LogP contribution is -2.30. The molecule has 5 N–H and O–H groups in total. The van der Waals surface area contributed by atoms with Gasteiger partial charge < -0.3 is 30.4 Å². The highest BCUT2D eigenvalue weighted by Crippen LogP contribution is 2.29. The third-order valence-corrected chi connectivity index (χ3v) is 6.03. The van der Waals surface area contributed by atoms with E-state index in [0.29, 0.717) is 39.7 Å². The first-order valence-corrected chi connectivity index (χ1v) is 13.3. The summed E-state index contributed by atoms with van der Waals surface area (Å²) >= 11 is 0. The van der Waals surface area contributed by atoms with Crippen molar-refractivity contribution < 1.29 is 28.9 Å². The Kier molecular flexibility index (Phi) is 10.7. The predicted molar refractivity (Wildman–Crippen MR) is 163 cm³/mol. The van der Waals surface area contributed by atoms with Gasteiger partial charge in [0.05, 0.1) is 29.6 Å². The van der Waals surface area contributed by atoms with E-state index >= 15 is 0 Å². The molecule has 0 bridgehead atoms. The molecule has 4 rings (SSSR count). The van der Waals surface area contributed by atoms with E-state index in [1.807, 2.05) is 12.1 Å². The zero-order valence-electron chi connectivity index (χ0n) is 23.1. The van der Waals surface area contributed by atoms with Crippen LogP contribution in [0.25, 0.3) is 0 Å². The van der Waals surface area contributed by atoms with Crippen molar-refractivity contribution in [1.29, 1.82) is 5.26 Å². The van der Waals surface area contributed by atoms with Crippen molar-refractivity contribution in [2.75, 3.05) is 29.6 Å². The SMILES string of the molecule is N#Cc1ccc(NC(=O)O[C@H](c2ccc(OCCO)cc2)[C@@H](/C=C/C(=O)Nc2ccccc2N)Oc2ccccc2)cc1. The van der Waals surface area contributed by atoms with Gasteiger partial charge in [0.15, 0.2) is 12.2 Å². The Morgan fingerprint density at radius 3 is 2.26 bits per heavy atom. The Morgan fingerprint density at radius 2 is 1.58 bits per heavy atom. The van der Waals surface area contributed by atoms with Crippen molar-refractivity contribution in [1.82, 2.24) is 0 Å². The maximum absolute atomic E-state index is 13.1. The van der Waals surface area contributed by atoms with Gasteiger partial charge in [0.25, 0.3) is 0 Å². The molecule has 4 aromatic rings. The van der Waals surface area contributed by atoms with Crippen molar-refractivity contribution in [2.45, 2.75) is 12.2 Å². The number of carbonyl (C=O) groups is 2. The first-order valence-electron chi connectivity index (χ1n) is 13.3. The molecule has 0 aliphatic carbocycles. The first-order chi connectivity index (χ1) is 20.9. The van der Waals surface area contributed by atoms with Gasteiger partial charge in [0.1, 0.15) is 18.1 Å². The van der Waals surface area contributed by atoms with Crippen LogP contribution in [-0.2, 0) is 9.53 Å². The number of ether oxygens (including phenoxy) is 3. The molecular formula is C33H30N4O6. The molecule has 0 aromatic heterocycles. The van der Waals surface area contributed by atoms with E-state index in [9.17, 15) is 9.59 Å². The van der Waals surface area contributed by atoms with Gasteiger partial charge in [-0.1, -0.05) is 42.5 Å². The molecule has 43 heavy (non-hydrogen) atoms. The van der Waals surface area contributed by atoms with Crippen LogP contribution in [0.15, 0.2) is 115 Å². The summed E-state index contributed by atoms with van der Waals surface area (Å²) in [6.45, 7) is -0.0206. The number of nitrogens with one attached hydrogen (secondary N) is 2. The number of nitrogens with two attached hydrogens (primary N) is 1. The van der Waals surface area contributed by atoms with Gasteiger partial charge in [-0.3, -0.25) is 10.1 Å². The summed E-state index contributed by atoms with van der Waals surface area (Å²) in [5, 5.41) is 23.5. The summed E-state index contributed by atoms with van der Waals surface area (Å²) in [7, 11) is 0. The van der Waals surface area contributed by atoms with Gasteiger partial charge in [-0.15, -0.1) is 0 Å². The molecule has 0 aliphatic heterocycles. The molecule has 0 heterocycles. The number of aliphatic hydroxyl groups excluding tert-OH is 1. The molecule has 0 saturated heterocycles. The maximum atomic E-state index is 13.1. The summed E-state index contributed by atoms with van der Waals surface area (Å²) < 4.78 is 17.6. The zero-order chi connectivity index (χ0) is 30.4. The second-order valence-electron chi connectivity index (χ2n) is 9.11. The third kappa shape index (κ3) is 9.11. The van der Waals surface area contributed by atoms with E-state index < -0.39 is 24.2 Å². The van der Waals surface area contributed by atoms with Crippen LogP contribution in [-0.4, -0.2) is 36.4 Å². The van der Waals surface area contributed by atoms with Crippen molar-refractivity contribution in [3.05, 3.63) is 126 Å². The largest absolute Gasteiger partial charge is 0.491 e. The molecule has 10 heteroatoms. The summed E-state index contributed by atoms with van der Waals surface area (Å²) in [5.74, 6) is 0.524. The fraction of sp³-hybridized carbons (Fsp3) is 0.121. The molecule has 0 radical (unpaired) electrons. The minimum atomic E-state index is -1.03. The summed E-state index contributed by atoms with van der Waals surface area (Å²) in [6.07, 6.45) is 0.00529. The van der Waals surface area contributed by atoms with E-state index in [1.165, 1.54) is 12.2 Å². The molecule has 4 aromatic carbocycles. The minimum Gasteiger partial charge on any atom is -0.491 e. The molecule has 0 aliphatic rings. The number of nitrogen functional groups attached to an aromatic ring is 1. The highest BCUT2D eigenvalue weighted by molar-refractivity contribution is 6.01. The fourth-order valence-corrected chi connectivity index (χ4v) is 3.96. The predicted octanol–water partition coefficient (Wildman–Crippen LogP) is 5.44. The second kappa shape index (κ2) is 15.3. The molecule has 0 unspecified atom stereocenters. The third-order valence-electron chi connectivity index (χ3n) is 6.03. The number of hydrogen-bond acceptors (Lipinski definition) is 8. The minimum absolute atomic E-state index is 0.121. The van der Waals surface area contributed by atoms with E-state index in [-0.39, 0.29) is 13.2 Å². The van der Waals surface area contributed by atoms with Crippen LogP contribution >= 0.6 is 0 Å². The average molecular weight is 579 g/mol. The number of rotatable bonds is 12. The number of carbonyl (C=O) groups excluding carboxylic acids is 2. The summed E-state index contributed by atoms with van der Waals surface area (Å²) in [6, 6.07) is 30.8. The molecule has 0 fully saturated rings. The standard InChI is InChI=1S/C33H30N4O6/c34-22-23-10-14-25(15-11-23)36-33(40)43-32(24-12-16-26(17-13-24)41-21-20-38)30(42-27-6-2-1-3-7-27)18-19-31(39)37-29-9-5-4-8-28(29)35/h1-19,30,32,38H,20-21,35H2,(H,36,40)(H,37,39)/b19-18+/t30-,32-/m1/s1. The van der Waals surface area contributed by atoms with Gasteiger partial charge >= 0.3 is 6.09 Å². The van der Waals surface area contributed by atoms with Crippen LogP contribution in [0.3, 0.4) is 0 Å². The molecule has 2 atom stereocenters. The highest BCUT2D eigenvalue weighted by atomic mass is 16.6. The molecule has 0 saturated carbocycles. The van der Waals surface area contributed by atoms with Gasteiger partial charge in [-0.2, -0.15) is 5.26 Å². The number of nitrogens with zero attached hydrogens (tertiary/aromatic N) is 1. The normalized spacial score (nSPS) is 12.0. The van der Waals surface area contributed by atoms with Gasteiger partial charge in [-0.25, -0.2) is 4.79 Å². The number of para-hydroxylation sites is 3. The number of amides is 2. The first kappa shape index (κ1) is 30.2. The Balaban J connectivity index is 1.64. The van der Waals surface area contributed by atoms with Crippen LogP contribution in [0.2, 0.25) is 0 Å². The lowest BCUT2D eigenvalue weighted by Gasteiger charge is -2.26. The van der Waals surface area contributed by atoms with Gasteiger partial charge in [0, 0.05) is 11.8 Å². The highest BCUT2D eigenvalue weighted by Gasteiger charge is 2.28. The van der Waals surface area contributed by atoms with Crippen molar-refractivity contribution in [3.63, 3.8) is 0 Å². The van der Waals surface area contributed by atoms with Crippen LogP contribution in [0.4, 0.5) is 21.9 Å². The molecule has 0 spiro atoms. The van der Waals surface area contributed by atoms with E-state index in [4.69, 9.17) is 30.3 Å². The van der Waals surface area contributed by atoms with Crippen molar-refractivity contribution in [2.24, 2.45) is 0 Å². The Bertz CT molecular complexity index is 1570. The van der Waals surface area contributed by atoms with Crippen LogP contribution < -0.4 is 25.8 Å². The number of hydrogen-bond donors (Lipinski definition) is 4. The Hall–Kier alpha value is -5.79. The topological polar surface area (TPSA) is 156 Å². The lowest BCUT2D eigenvalue weighted by atomic mass is 10.0. The molecule has 10 nitrogen and oxygen atoms in total. The number of anilines is 3. The Morgan fingerprint density at radius 1 is 0.884 bits per heavy atom. The smallest absolute Gasteiger partial charge is 0.412 e. The number of benzene rings is 4. The molecule has 218 valence electrons. The van der Waals surface area contributed by atoms with Crippen molar-refractivity contribution >= 4 is 29.1 Å². The van der Waals surface area contributed by atoms with Crippen molar-refractivity contribution in [3.8, 4) is 17.6 Å². The van der Waals surface area contributed by atoms with Gasteiger partial charge in [-0.05, 0) is 72.3 Å². The maximum Gasteiger partial charge on any atom is 0.412 e. The summed E-state index contributed by atoms with van der Waals surface area (Å²) in [4.78, 5) is 26.0. The van der Waals surface area contributed by atoms with Crippen LogP contribution in [0, 0.1) is 11.3 Å². The second-order valence-corrected chi connectivity index (χ2v) is 9.11. The number of aliphatic hydroxyl groups is 1. The Labute approximate surface area is 248 Å². The van der Waals surface area contributed by atoms with Gasteiger partial charge in [0.2, 0.25) is 5.91 Å². The lowest BCUT2D eigenvalue weighted by molar-refractivity contribution is -0.112. The molecule has 2 amide bonds. The zero-order valence-corrected chi connectivity index (χ0v) is 23.1. The monoisotopic (exact) mass is 578 g/mol. The van der Waals surface area contributed by atoms with E-state index in [0.717, 1.165) is 0 Å². The fourth-order valence-electron chi connectivity index (χ4n) is 3.96. The molecular weight excluding hydrogens is 548 g/mol. The number of nitriles is 1. The van der Waals surface area contributed by atoms with E-state index in [2.05, 4.69) is 10.6 Å². The quantitative estimate of drug-likeness (QED) is 0.128. The average Bonchev–Trinajstić information content (AvgIpc) is 3.03.